The summed E-state index contributed by atoms with van der Waals surface area (Å²) in [6.45, 7) is 0. The van der Waals surface area contributed by atoms with Gasteiger partial charge in [-0.05, 0) is 114 Å². The van der Waals surface area contributed by atoms with E-state index in [1.807, 2.05) is 0 Å². The highest BCUT2D eigenvalue weighted by atomic mass is 16.5. The van der Waals surface area contributed by atoms with Crippen molar-refractivity contribution in [2.24, 2.45) is 0 Å². The third kappa shape index (κ3) is 5.11. The van der Waals surface area contributed by atoms with Crippen molar-refractivity contribution in [3.63, 3.8) is 0 Å². The van der Waals surface area contributed by atoms with Crippen LogP contribution in [0.4, 0.5) is 0 Å². The van der Waals surface area contributed by atoms with E-state index in [0.717, 1.165) is 33.7 Å². The molecule has 1 aliphatic rings. The van der Waals surface area contributed by atoms with Gasteiger partial charge in [0.25, 0.3) is 0 Å². The van der Waals surface area contributed by atoms with Crippen LogP contribution in [0.3, 0.4) is 0 Å². The largest absolute Gasteiger partial charge is 0.456 e. The van der Waals surface area contributed by atoms with Crippen molar-refractivity contribution < 1.29 is 4.74 Å². The second kappa shape index (κ2) is 13.7. The molecule has 62 heavy (non-hydrogen) atoms. The molecule has 0 N–H and O–H groups in total. The number of para-hydroxylation sites is 2. The van der Waals surface area contributed by atoms with E-state index >= 15 is 0 Å². The van der Waals surface area contributed by atoms with Crippen LogP contribution in [0.2, 0.25) is 0 Å². The monoisotopic (exact) mass is 787 g/mol. The second-order valence-electron chi connectivity index (χ2n) is 16.3. The summed E-state index contributed by atoms with van der Waals surface area (Å²) in [5, 5.41) is 9.66. The number of aromatic nitrogens is 1. The second-order valence-corrected chi connectivity index (χ2v) is 16.3. The zero-order valence-electron chi connectivity index (χ0n) is 33.7. The molecule has 0 atom stereocenters. The van der Waals surface area contributed by atoms with Crippen molar-refractivity contribution in [1.82, 2.24) is 4.57 Å². The number of rotatable bonds is 5. The zero-order chi connectivity index (χ0) is 40.7. The molecule has 0 aliphatic carbocycles. The van der Waals surface area contributed by atoms with Gasteiger partial charge in [-0.3, -0.25) is 0 Å². The van der Waals surface area contributed by atoms with Gasteiger partial charge in [-0.15, -0.1) is 0 Å². The maximum atomic E-state index is 6.60. The van der Waals surface area contributed by atoms with Crippen molar-refractivity contribution in [2.45, 2.75) is 0 Å². The molecule has 0 bridgehead atoms. The van der Waals surface area contributed by atoms with Gasteiger partial charge in [0.15, 0.2) is 0 Å². The van der Waals surface area contributed by atoms with Crippen LogP contribution in [0.15, 0.2) is 224 Å². The molecule has 1 aliphatic heterocycles. The molecule has 0 radical (unpaired) electrons. The molecule has 2 heterocycles. The lowest BCUT2D eigenvalue weighted by Gasteiger charge is -2.25. The molecule has 0 fully saturated rings. The molecular formula is C60H37NO. The van der Waals surface area contributed by atoms with Crippen molar-refractivity contribution >= 4 is 54.1 Å². The van der Waals surface area contributed by atoms with Crippen LogP contribution in [0.5, 0.6) is 11.5 Å². The summed E-state index contributed by atoms with van der Waals surface area (Å²) in [5.41, 5.74) is 15.4. The molecule has 2 nitrogen and oxygen atoms in total. The minimum absolute atomic E-state index is 0.883. The Kier molecular flexibility index (Phi) is 7.64. The summed E-state index contributed by atoms with van der Waals surface area (Å²) in [5.74, 6) is 1.79. The summed E-state index contributed by atoms with van der Waals surface area (Å²) >= 11 is 0. The fourth-order valence-electron chi connectivity index (χ4n) is 10.4. The fourth-order valence-corrected chi connectivity index (χ4v) is 10.4. The molecular weight excluding hydrogens is 751 g/mol. The van der Waals surface area contributed by atoms with E-state index in [4.69, 9.17) is 4.74 Å². The van der Waals surface area contributed by atoms with Crippen LogP contribution in [-0.2, 0) is 0 Å². The van der Waals surface area contributed by atoms with Gasteiger partial charge in [0.1, 0.15) is 11.5 Å². The van der Waals surface area contributed by atoms with Gasteiger partial charge in [0.05, 0.1) is 11.0 Å². The minimum Gasteiger partial charge on any atom is -0.456 e. The molecule has 0 saturated carbocycles. The standard InChI is InChI=1S/C60H37NO/c1-4-18-38(19-5-1)49-37-52-59(48-30-14-15-32-51(48)61(52)42-24-8-3-9-25-42)57(40-20-6-2-7-21-40)60(49)58-45-28-12-10-26-43(45)55(44-27-11-13-29-46(44)58)41-34-35-53-50(36-41)47-31-16-22-39-23-17-33-54(62-53)56(39)47/h1-37H. The third-order valence-corrected chi connectivity index (χ3v) is 12.9. The summed E-state index contributed by atoms with van der Waals surface area (Å²) in [4.78, 5) is 0. The van der Waals surface area contributed by atoms with Crippen LogP contribution >= 0.6 is 0 Å². The van der Waals surface area contributed by atoms with Crippen LogP contribution in [0.1, 0.15) is 0 Å². The molecule has 0 saturated heterocycles. The van der Waals surface area contributed by atoms with Crippen molar-refractivity contribution in [3.05, 3.63) is 224 Å². The van der Waals surface area contributed by atoms with Gasteiger partial charge < -0.3 is 9.30 Å². The lowest BCUT2D eigenvalue weighted by atomic mass is 9.79. The Morgan fingerprint density at radius 2 is 0.871 bits per heavy atom. The Morgan fingerprint density at radius 1 is 0.290 bits per heavy atom. The Balaban J connectivity index is 1.19. The van der Waals surface area contributed by atoms with E-state index in [1.165, 1.54) is 93.2 Å². The normalized spacial score (nSPS) is 12.0. The van der Waals surface area contributed by atoms with E-state index < -0.39 is 0 Å². The predicted octanol–water partition coefficient (Wildman–Crippen LogP) is 16.7. The van der Waals surface area contributed by atoms with Crippen LogP contribution in [-0.4, -0.2) is 4.57 Å². The van der Waals surface area contributed by atoms with E-state index in [0.29, 0.717) is 0 Å². The maximum Gasteiger partial charge on any atom is 0.135 e. The first-order valence-electron chi connectivity index (χ1n) is 21.3. The van der Waals surface area contributed by atoms with E-state index in [1.54, 1.807) is 0 Å². The van der Waals surface area contributed by atoms with Crippen molar-refractivity contribution in [2.75, 3.05) is 0 Å². The summed E-state index contributed by atoms with van der Waals surface area (Å²) in [7, 11) is 0. The number of hydrogen-bond donors (Lipinski definition) is 0. The minimum atomic E-state index is 0.883. The Bertz CT molecular complexity index is 3690. The average Bonchev–Trinajstić information content (AvgIpc) is 3.67. The first kappa shape index (κ1) is 34.6. The SMILES string of the molecule is c1ccc(-c2cc3c(c(-c4ccccc4)c2-c2c4ccccc4c(-c4ccc5c(c4)-c4cccc6cccc(c46)O5)c4ccccc24)c2ccccc2n3-c2ccccc2)cc1. The van der Waals surface area contributed by atoms with Gasteiger partial charge in [-0.25, -0.2) is 0 Å². The molecule has 12 aromatic rings. The van der Waals surface area contributed by atoms with E-state index in [-0.39, 0.29) is 0 Å². The number of hydrogen-bond acceptors (Lipinski definition) is 1. The van der Waals surface area contributed by atoms with Crippen LogP contribution < -0.4 is 4.74 Å². The smallest absolute Gasteiger partial charge is 0.135 e. The molecule has 11 aromatic carbocycles. The van der Waals surface area contributed by atoms with Crippen LogP contribution in [0, 0.1) is 0 Å². The molecule has 2 heteroatoms. The van der Waals surface area contributed by atoms with Gasteiger partial charge in [-0.1, -0.05) is 182 Å². The molecule has 288 valence electrons. The topological polar surface area (TPSA) is 14.2 Å². The Morgan fingerprint density at radius 3 is 1.56 bits per heavy atom. The van der Waals surface area contributed by atoms with Gasteiger partial charge in [0.2, 0.25) is 0 Å². The zero-order valence-corrected chi connectivity index (χ0v) is 33.7. The highest BCUT2D eigenvalue weighted by Gasteiger charge is 2.28. The molecule has 0 unspecified atom stereocenters. The molecule has 0 amide bonds. The summed E-state index contributed by atoms with van der Waals surface area (Å²) in [6.07, 6.45) is 0. The fraction of sp³-hybridized carbons (Fsp3) is 0. The molecule has 1 aromatic heterocycles. The number of fused-ring (bicyclic) bond motifs is 7. The van der Waals surface area contributed by atoms with E-state index in [2.05, 4.69) is 229 Å². The average molecular weight is 788 g/mol. The Hall–Kier alpha value is -8.20. The number of nitrogens with zero attached hydrogens (tertiary/aromatic N) is 1. The quantitative estimate of drug-likeness (QED) is 0.159. The summed E-state index contributed by atoms with van der Waals surface area (Å²) < 4.78 is 9.05. The van der Waals surface area contributed by atoms with Crippen molar-refractivity contribution in [1.29, 1.82) is 0 Å². The van der Waals surface area contributed by atoms with Gasteiger partial charge in [-0.2, -0.15) is 0 Å². The highest BCUT2D eigenvalue weighted by Crippen LogP contribution is 2.54. The first-order chi connectivity index (χ1) is 30.8. The first-order valence-corrected chi connectivity index (χ1v) is 21.3. The third-order valence-electron chi connectivity index (χ3n) is 12.9. The van der Waals surface area contributed by atoms with Gasteiger partial charge in [0, 0.05) is 33.0 Å². The number of benzene rings is 11. The van der Waals surface area contributed by atoms with E-state index in [9.17, 15) is 0 Å². The summed E-state index contributed by atoms with van der Waals surface area (Å²) in [6, 6.07) is 81.9. The van der Waals surface area contributed by atoms with Crippen molar-refractivity contribution in [3.8, 4) is 72.8 Å². The maximum absolute atomic E-state index is 6.60. The highest BCUT2D eigenvalue weighted by molar-refractivity contribution is 6.28. The van der Waals surface area contributed by atoms with Gasteiger partial charge >= 0.3 is 0 Å². The lowest BCUT2D eigenvalue weighted by Crippen LogP contribution is -1.99. The number of ether oxygens (including phenoxy) is 1. The Labute approximate surface area is 359 Å². The molecule has 0 spiro atoms. The molecule has 13 rings (SSSR count). The lowest BCUT2D eigenvalue weighted by molar-refractivity contribution is 0.487. The van der Waals surface area contributed by atoms with Crippen LogP contribution in [0.25, 0.3) is 115 Å². The predicted molar refractivity (Wildman–Crippen MR) is 261 cm³/mol.